The molecule has 1 aromatic rings. The van der Waals surface area contributed by atoms with Crippen LogP contribution in [0.1, 0.15) is 56.6 Å². The largest absolute Gasteiger partial charge is 0.338 e. The van der Waals surface area contributed by atoms with Crippen LogP contribution in [-0.4, -0.2) is 72.5 Å². The van der Waals surface area contributed by atoms with Crippen LogP contribution >= 0.6 is 0 Å². The van der Waals surface area contributed by atoms with Crippen LogP contribution in [-0.2, 0) is 14.6 Å². The summed E-state index contributed by atoms with van der Waals surface area (Å²) < 4.78 is 28.6. The lowest BCUT2D eigenvalue weighted by Crippen LogP contribution is -2.56. The molecule has 160 valence electrons. The molecule has 3 aliphatic rings. The molecule has 1 saturated carbocycles. The lowest BCUT2D eigenvalue weighted by atomic mass is 10.0. The van der Waals surface area contributed by atoms with Gasteiger partial charge < -0.3 is 14.3 Å². The van der Waals surface area contributed by atoms with Gasteiger partial charge in [0.25, 0.3) is 0 Å². The second-order valence-corrected chi connectivity index (χ2v) is 10.5. The van der Waals surface area contributed by atoms with Crippen LogP contribution in [0.15, 0.2) is 10.6 Å². The molecule has 0 spiro atoms. The Morgan fingerprint density at radius 1 is 1.03 bits per heavy atom. The Balaban J connectivity index is 1.40. The molecule has 1 N–H and O–H groups in total. The van der Waals surface area contributed by atoms with E-state index in [1.165, 1.54) is 12.8 Å². The fourth-order valence-corrected chi connectivity index (χ4v) is 5.69. The minimum Gasteiger partial charge on any atom is -0.338 e. The van der Waals surface area contributed by atoms with Crippen LogP contribution < -0.4 is 5.32 Å². The Hall–Kier alpha value is -2.10. The molecule has 3 amide bonds. The van der Waals surface area contributed by atoms with E-state index in [0.29, 0.717) is 24.8 Å². The molecule has 3 fully saturated rings. The number of nitrogens with one attached hydrogen (secondary N) is 1. The van der Waals surface area contributed by atoms with E-state index in [1.54, 1.807) is 15.9 Å². The Morgan fingerprint density at radius 3 is 2.45 bits per heavy atom. The highest BCUT2D eigenvalue weighted by Crippen LogP contribution is 2.34. The zero-order valence-corrected chi connectivity index (χ0v) is 17.3. The highest BCUT2D eigenvalue weighted by atomic mass is 32.2. The van der Waals surface area contributed by atoms with Gasteiger partial charge in [-0.05, 0) is 32.1 Å². The number of piperidine rings is 1. The van der Waals surface area contributed by atoms with Gasteiger partial charge in [-0.15, -0.1) is 0 Å². The van der Waals surface area contributed by atoms with Crippen molar-refractivity contribution < 1.29 is 22.5 Å². The van der Waals surface area contributed by atoms with Gasteiger partial charge >= 0.3 is 6.03 Å². The number of rotatable bonds is 3. The fraction of sp³-hybridized carbons (Fsp3) is 0.737. The third-order valence-corrected chi connectivity index (χ3v) is 7.82. The Morgan fingerprint density at radius 2 is 1.72 bits per heavy atom. The molecule has 9 nitrogen and oxygen atoms in total. The predicted molar refractivity (Wildman–Crippen MR) is 106 cm³/mol. The number of likely N-dealkylation sites (tertiary alicyclic amines) is 1. The van der Waals surface area contributed by atoms with Gasteiger partial charge in [0.2, 0.25) is 11.8 Å². The Bertz CT molecular complexity index is 848. The first kappa shape index (κ1) is 20.2. The molecule has 3 heterocycles. The summed E-state index contributed by atoms with van der Waals surface area (Å²) in [7, 11) is -3.07. The first-order valence-corrected chi connectivity index (χ1v) is 12.3. The number of aromatic nitrogens is 1. The van der Waals surface area contributed by atoms with Gasteiger partial charge in [0.05, 0.1) is 17.2 Å². The van der Waals surface area contributed by atoms with E-state index in [1.807, 2.05) is 0 Å². The normalized spacial score (nSPS) is 25.2. The zero-order chi connectivity index (χ0) is 20.4. The first-order chi connectivity index (χ1) is 13.9. The van der Waals surface area contributed by atoms with Crippen molar-refractivity contribution in [3.8, 4) is 0 Å². The molecular formula is C19H28N4O5S. The standard InChI is InChI=1S/C19H28N4O5S/c24-18(20-17-13-15(21-28-17)14-5-1-2-6-14)16-7-3-4-8-23(16)19(25)22-9-11-29(26,27)12-10-22/h13-14,16H,1-12H2,(H,20,24)/t16-/m0/s1. The van der Waals surface area contributed by atoms with Crippen molar-refractivity contribution in [2.24, 2.45) is 0 Å². The maximum Gasteiger partial charge on any atom is 0.320 e. The van der Waals surface area contributed by atoms with Gasteiger partial charge in [-0.3, -0.25) is 10.1 Å². The van der Waals surface area contributed by atoms with E-state index < -0.39 is 15.9 Å². The topological polar surface area (TPSA) is 113 Å². The summed E-state index contributed by atoms with van der Waals surface area (Å²) in [6.45, 7) is 0.849. The molecule has 0 aromatic carbocycles. The van der Waals surface area contributed by atoms with Crippen LogP contribution in [0.3, 0.4) is 0 Å². The average molecular weight is 425 g/mol. The van der Waals surface area contributed by atoms with Crippen molar-refractivity contribution in [1.82, 2.24) is 15.0 Å². The molecule has 10 heteroatoms. The first-order valence-electron chi connectivity index (χ1n) is 10.5. The van der Waals surface area contributed by atoms with Gasteiger partial charge in [-0.2, -0.15) is 0 Å². The number of sulfone groups is 1. The van der Waals surface area contributed by atoms with E-state index in [4.69, 9.17) is 4.52 Å². The van der Waals surface area contributed by atoms with E-state index in [-0.39, 0.29) is 36.5 Å². The molecule has 29 heavy (non-hydrogen) atoms. The molecule has 1 aliphatic carbocycles. The van der Waals surface area contributed by atoms with Crippen molar-refractivity contribution >= 4 is 27.7 Å². The number of amides is 3. The summed E-state index contributed by atoms with van der Waals surface area (Å²) in [5.41, 5.74) is 0.879. The summed E-state index contributed by atoms with van der Waals surface area (Å²) >= 11 is 0. The zero-order valence-electron chi connectivity index (χ0n) is 16.5. The van der Waals surface area contributed by atoms with E-state index in [0.717, 1.165) is 31.4 Å². The van der Waals surface area contributed by atoms with E-state index in [9.17, 15) is 18.0 Å². The summed E-state index contributed by atoms with van der Waals surface area (Å²) in [4.78, 5) is 29.0. The van der Waals surface area contributed by atoms with Gasteiger partial charge in [-0.1, -0.05) is 18.0 Å². The minimum absolute atomic E-state index is 0.0224. The molecule has 2 aliphatic heterocycles. The number of carbonyl (C=O) groups excluding carboxylic acids is 2. The van der Waals surface area contributed by atoms with E-state index in [2.05, 4.69) is 10.5 Å². The van der Waals surface area contributed by atoms with Gasteiger partial charge in [-0.25, -0.2) is 13.2 Å². The van der Waals surface area contributed by atoms with Crippen molar-refractivity contribution in [3.63, 3.8) is 0 Å². The molecule has 0 radical (unpaired) electrons. The fourth-order valence-electron chi connectivity index (χ4n) is 4.48. The summed E-state index contributed by atoms with van der Waals surface area (Å²) in [6, 6.07) is 0.942. The third kappa shape index (κ3) is 4.57. The number of nitrogens with zero attached hydrogens (tertiary/aromatic N) is 3. The van der Waals surface area contributed by atoms with Crippen LogP contribution in [0.2, 0.25) is 0 Å². The van der Waals surface area contributed by atoms with Crippen LogP contribution in [0.5, 0.6) is 0 Å². The van der Waals surface area contributed by atoms with Gasteiger partial charge in [0.15, 0.2) is 9.84 Å². The van der Waals surface area contributed by atoms with Gasteiger partial charge in [0.1, 0.15) is 6.04 Å². The number of urea groups is 1. The number of hydrogen-bond donors (Lipinski definition) is 1. The summed E-state index contributed by atoms with van der Waals surface area (Å²) in [5.74, 6) is 0.389. The highest BCUT2D eigenvalue weighted by molar-refractivity contribution is 7.91. The number of hydrogen-bond acceptors (Lipinski definition) is 6. The number of carbonyl (C=O) groups is 2. The van der Waals surface area contributed by atoms with Crippen molar-refractivity contribution in [2.75, 3.05) is 36.5 Å². The minimum atomic E-state index is -3.07. The van der Waals surface area contributed by atoms with Crippen LogP contribution in [0.4, 0.5) is 10.7 Å². The molecule has 4 rings (SSSR count). The maximum atomic E-state index is 13.0. The lowest BCUT2D eigenvalue weighted by Gasteiger charge is -2.39. The molecule has 0 bridgehead atoms. The predicted octanol–water partition coefficient (Wildman–Crippen LogP) is 1.98. The molecule has 1 aromatic heterocycles. The average Bonchev–Trinajstić information content (AvgIpc) is 3.39. The summed E-state index contributed by atoms with van der Waals surface area (Å²) in [5, 5.41) is 6.88. The second kappa shape index (κ2) is 8.33. The number of anilines is 1. The van der Waals surface area contributed by atoms with Crippen molar-refractivity contribution in [1.29, 1.82) is 0 Å². The molecule has 0 unspecified atom stereocenters. The monoisotopic (exact) mass is 424 g/mol. The quantitative estimate of drug-likeness (QED) is 0.794. The van der Waals surface area contributed by atoms with Crippen molar-refractivity contribution in [3.05, 3.63) is 11.8 Å². The third-order valence-electron chi connectivity index (χ3n) is 6.21. The maximum absolute atomic E-state index is 13.0. The molecular weight excluding hydrogens is 396 g/mol. The Kier molecular flexibility index (Phi) is 5.80. The van der Waals surface area contributed by atoms with Gasteiger partial charge in [0, 0.05) is 31.6 Å². The van der Waals surface area contributed by atoms with Crippen LogP contribution in [0, 0.1) is 0 Å². The molecule has 1 atom stereocenters. The SMILES string of the molecule is O=C(Nc1cc(C2CCCC2)no1)[C@@H]1CCCCN1C(=O)N1CCS(=O)(=O)CC1. The summed E-state index contributed by atoms with van der Waals surface area (Å²) in [6.07, 6.45) is 6.84. The highest BCUT2D eigenvalue weighted by Gasteiger charge is 2.36. The van der Waals surface area contributed by atoms with Crippen molar-refractivity contribution in [2.45, 2.75) is 56.9 Å². The molecule has 2 saturated heterocycles. The second-order valence-electron chi connectivity index (χ2n) is 8.21. The smallest absolute Gasteiger partial charge is 0.320 e. The Labute approximate surface area is 170 Å². The van der Waals surface area contributed by atoms with E-state index >= 15 is 0 Å². The van der Waals surface area contributed by atoms with Crippen LogP contribution in [0.25, 0.3) is 0 Å². The lowest BCUT2D eigenvalue weighted by molar-refractivity contribution is -0.121.